The van der Waals surface area contributed by atoms with Crippen LogP contribution in [0, 0.1) is 11.3 Å². The van der Waals surface area contributed by atoms with E-state index in [9.17, 15) is 0 Å². The second-order valence-electron chi connectivity index (χ2n) is 6.09. The van der Waals surface area contributed by atoms with Crippen molar-refractivity contribution in [2.24, 2.45) is 17.1 Å². The van der Waals surface area contributed by atoms with Gasteiger partial charge in [0.05, 0.1) is 0 Å². The average molecular weight is 254 g/mol. The molecule has 1 aromatic rings. The molecule has 2 atom stereocenters. The summed E-state index contributed by atoms with van der Waals surface area (Å²) in [5, 5.41) is 0. The molecule has 0 heterocycles. The Hall–Kier alpha value is -0.530. The highest BCUT2D eigenvalue weighted by Crippen LogP contribution is 2.41. The van der Waals surface area contributed by atoms with E-state index < -0.39 is 0 Å². The van der Waals surface area contributed by atoms with Crippen LogP contribution < -0.4 is 5.73 Å². The Morgan fingerprint density at radius 1 is 1.18 bits per heavy atom. The third kappa shape index (κ3) is 3.02. The van der Waals surface area contributed by atoms with Crippen LogP contribution in [0.5, 0.6) is 0 Å². The van der Waals surface area contributed by atoms with Gasteiger partial charge in [0.25, 0.3) is 0 Å². The number of hydrogen-bond donors (Lipinski definition) is 1. The maximum atomic E-state index is 6.48. The Kier molecular flexibility index (Phi) is 4.62. The molecule has 0 amide bonds. The molecule has 0 saturated heterocycles. The quantitative estimate of drug-likeness (QED) is 0.692. The zero-order valence-corrected chi connectivity index (χ0v) is 11.9. The minimum atomic E-state index is 0. The van der Waals surface area contributed by atoms with Crippen LogP contribution in [0.4, 0.5) is 0 Å². The Morgan fingerprint density at radius 3 is 2.47 bits per heavy atom. The number of hydrogen-bond acceptors (Lipinski definition) is 1. The van der Waals surface area contributed by atoms with Crippen LogP contribution in [-0.4, -0.2) is 0 Å². The fraction of sp³-hybridized carbons (Fsp3) is 0.600. The van der Waals surface area contributed by atoms with Crippen molar-refractivity contribution in [1.29, 1.82) is 0 Å². The Morgan fingerprint density at radius 2 is 1.82 bits per heavy atom. The maximum absolute atomic E-state index is 6.48. The van der Waals surface area contributed by atoms with Gasteiger partial charge in [-0.25, -0.2) is 0 Å². The Bertz CT molecular complexity index is 367. The van der Waals surface area contributed by atoms with Gasteiger partial charge >= 0.3 is 0 Å². The van der Waals surface area contributed by atoms with Crippen LogP contribution in [-0.2, 0) is 6.42 Å². The lowest BCUT2D eigenvalue weighted by Gasteiger charge is -2.34. The normalized spacial score (nSPS) is 24.5. The molecular weight excluding hydrogens is 230 g/mol. The summed E-state index contributed by atoms with van der Waals surface area (Å²) < 4.78 is 0. The van der Waals surface area contributed by atoms with E-state index in [1.54, 1.807) is 0 Å². The van der Waals surface area contributed by atoms with Crippen LogP contribution in [0.1, 0.15) is 50.8 Å². The fourth-order valence-corrected chi connectivity index (χ4v) is 2.97. The lowest BCUT2D eigenvalue weighted by atomic mass is 9.73. The molecule has 0 aromatic heterocycles. The molecule has 1 aromatic carbocycles. The topological polar surface area (TPSA) is 26.0 Å². The van der Waals surface area contributed by atoms with E-state index in [1.807, 2.05) is 0 Å². The summed E-state index contributed by atoms with van der Waals surface area (Å²) in [6.07, 6.45) is 3.71. The minimum Gasteiger partial charge on any atom is -0.324 e. The van der Waals surface area contributed by atoms with Crippen molar-refractivity contribution < 1.29 is 0 Å². The second kappa shape index (κ2) is 5.41. The summed E-state index contributed by atoms with van der Waals surface area (Å²) in [7, 11) is 0. The van der Waals surface area contributed by atoms with Crippen LogP contribution >= 0.6 is 12.4 Å². The largest absolute Gasteiger partial charge is 0.324 e. The van der Waals surface area contributed by atoms with Gasteiger partial charge in [-0.15, -0.1) is 12.4 Å². The van der Waals surface area contributed by atoms with Crippen molar-refractivity contribution in [2.45, 2.75) is 46.1 Å². The zero-order chi connectivity index (χ0) is 11.8. The summed E-state index contributed by atoms with van der Waals surface area (Å²) in [6, 6.07) is 8.90. The number of benzene rings is 1. The first-order valence-corrected chi connectivity index (χ1v) is 6.33. The molecule has 2 rings (SSSR count). The van der Waals surface area contributed by atoms with Gasteiger partial charge < -0.3 is 5.73 Å². The van der Waals surface area contributed by atoms with Crippen molar-refractivity contribution in [3.63, 3.8) is 0 Å². The molecule has 96 valence electrons. The monoisotopic (exact) mass is 253 g/mol. The van der Waals surface area contributed by atoms with Crippen molar-refractivity contribution in [3.8, 4) is 0 Å². The van der Waals surface area contributed by atoms with Gasteiger partial charge in [0, 0.05) is 6.04 Å². The highest BCUT2D eigenvalue weighted by atomic mass is 35.5. The first kappa shape index (κ1) is 14.5. The lowest BCUT2D eigenvalue weighted by Crippen LogP contribution is -2.31. The molecular formula is C15H24ClN. The van der Waals surface area contributed by atoms with Crippen molar-refractivity contribution in [3.05, 3.63) is 35.4 Å². The molecule has 0 spiro atoms. The second-order valence-corrected chi connectivity index (χ2v) is 6.09. The van der Waals surface area contributed by atoms with E-state index >= 15 is 0 Å². The van der Waals surface area contributed by atoms with Crippen LogP contribution in [0.2, 0.25) is 0 Å². The number of rotatable bonds is 0. The third-order valence-corrected chi connectivity index (χ3v) is 3.92. The standard InChI is InChI=1S/C15H23N.ClH/c1-15(2,3)13-10-6-8-11-7-4-5-9-12(11)14(13)16;/h4-5,7,9,13-14H,6,8,10,16H2,1-3H3;1H. The van der Waals surface area contributed by atoms with Gasteiger partial charge in [-0.2, -0.15) is 0 Å². The van der Waals surface area contributed by atoms with E-state index in [-0.39, 0.29) is 18.4 Å². The van der Waals surface area contributed by atoms with Gasteiger partial charge in [-0.05, 0) is 41.7 Å². The first-order valence-electron chi connectivity index (χ1n) is 6.33. The highest BCUT2D eigenvalue weighted by molar-refractivity contribution is 5.85. The number of nitrogens with two attached hydrogens (primary N) is 1. The lowest BCUT2D eigenvalue weighted by molar-refractivity contribution is 0.190. The molecule has 0 bridgehead atoms. The van der Waals surface area contributed by atoms with Gasteiger partial charge in [0.2, 0.25) is 0 Å². The first-order chi connectivity index (χ1) is 7.50. The van der Waals surface area contributed by atoms with Gasteiger partial charge in [-0.1, -0.05) is 45.0 Å². The summed E-state index contributed by atoms with van der Waals surface area (Å²) in [5.41, 5.74) is 9.61. The Balaban J connectivity index is 0.00000144. The average Bonchev–Trinajstić information content (AvgIpc) is 2.38. The van der Waals surface area contributed by atoms with Crippen molar-refractivity contribution >= 4 is 12.4 Å². The Labute approximate surface area is 111 Å². The fourth-order valence-electron chi connectivity index (χ4n) is 2.97. The molecule has 0 saturated carbocycles. The highest BCUT2D eigenvalue weighted by Gasteiger charge is 2.33. The summed E-state index contributed by atoms with van der Waals surface area (Å²) in [4.78, 5) is 0. The SMILES string of the molecule is CC(C)(C)C1CCCc2ccccc2C1N.Cl. The van der Waals surface area contributed by atoms with Gasteiger partial charge in [-0.3, -0.25) is 0 Å². The zero-order valence-electron chi connectivity index (χ0n) is 11.1. The van der Waals surface area contributed by atoms with Gasteiger partial charge in [0.15, 0.2) is 0 Å². The number of aryl methyl sites for hydroxylation is 1. The molecule has 0 aliphatic heterocycles. The summed E-state index contributed by atoms with van der Waals surface area (Å²) in [5.74, 6) is 0.594. The van der Waals surface area contributed by atoms with Crippen LogP contribution in [0.3, 0.4) is 0 Å². The number of halogens is 1. The van der Waals surface area contributed by atoms with Crippen molar-refractivity contribution in [1.82, 2.24) is 0 Å². The van der Waals surface area contributed by atoms with E-state index in [4.69, 9.17) is 5.73 Å². The van der Waals surface area contributed by atoms with Gasteiger partial charge in [0.1, 0.15) is 0 Å². The molecule has 2 heteroatoms. The molecule has 1 nitrogen and oxygen atoms in total. The molecule has 1 aliphatic rings. The van der Waals surface area contributed by atoms with E-state index in [1.165, 1.54) is 30.4 Å². The minimum absolute atomic E-state index is 0. The molecule has 2 N–H and O–H groups in total. The van der Waals surface area contributed by atoms with Crippen molar-refractivity contribution in [2.75, 3.05) is 0 Å². The molecule has 17 heavy (non-hydrogen) atoms. The summed E-state index contributed by atoms with van der Waals surface area (Å²) in [6.45, 7) is 6.93. The van der Waals surface area contributed by atoms with E-state index in [0.717, 1.165) is 0 Å². The summed E-state index contributed by atoms with van der Waals surface area (Å²) >= 11 is 0. The molecule has 2 unspecified atom stereocenters. The predicted molar refractivity (Wildman–Crippen MR) is 76.5 cm³/mol. The van der Waals surface area contributed by atoms with E-state index in [0.29, 0.717) is 11.3 Å². The molecule has 0 fully saturated rings. The molecule has 1 aliphatic carbocycles. The molecule has 0 radical (unpaired) electrons. The predicted octanol–water partition coefficient (Wildman–Crippen LogP) is 4.11. The van der Waals surface area contributed by atoms with Crippen LogP contribution in [0.15, 0.2) is 24.3 Å². The van der Waals surface area contributed by atoms with Crippen LogP contribution in [0.25, 0.3) is 0 Å². The van der Waals surface area contributed by atoms with E-state index in [2.05, 4.69) is 45.0 Å². The number of fused-ring (bicyclic) bond motifs is 1. The maximum Gasteiger partial charge on any atom is 0.0331 e. The third-order valence-electron chi connectivity index (χ3n) is 3.92. The smallest absolute Gasteiger partial charge is 0.0331 e.